The molecular weight excluding hydrogens is 204 g/mol. The first-order valence-corrected chi connectivity index (χ1v) is 6.82. The van der Waals surface area contributed by atoms with Gasteiger partial charge in [0.1, 0.15) is 0 Å². The van der Waals surface area contributed by atoms with Gasteiger partial charge < -0.3 is 0 Å². The SMILES string of the molecule is C=CC(C)c1cc(CCC)cc(CC(C)C)c1. The van der Waals surface area contributed by atoms with Crippen molar-refractivity contribution in [2.24, 2.45) is 5.92 Å². The summed E-state index contributed by atoms with van der Waals surface area (Å²) in [5, 5.41) is 0. The Morgan fingerprint density at radius 1 is 1.12 bits per heavy atom. The van der Waals surface area contributed by atoms with Gasteiger partial charge in [0.25, 0.3) is 0 Å². The summed E-state index contributed by atoms with van der Waals surface area (Å²) < 4.78 is 0. The summed E-state index contributed by atoms with van der Waals surface area (Å²) in [7, 11) is 0. The third kappa shape index (κ3) is 4.38. The molecule has 0 saturated heterocycles. The van der Waals surface area contributed by atoms with E-state index in [0.29, 0.717) is 5.92 Å². The van der Waals surface area contributed by atoms with Crippen molar-refractivity contribution < 1.29 is 0 Å². The van der Waals surface area contributed by atoms with E-state index in [0.717, 1.165) is 5.92 Å². The molecule has 17 heavy (non-hydrogen) atoms. The third-order valence-electron chi connectivity index (χ3n) is 3.14. The Morgan fingerprint density at radius 3 is 2.29 bits per heavy atom. The summed E-state index contributed by atoms with van der Waals surface area (Å²) in [6.45, 7) is 12.9. The van der Waals surface area contributed by atoms with E-state index in [9.17, 15) is 0 Å². The van der Waals surface area contributed by atoms with Gasteiger partial charge in [-0.05, 0) is 41.4 Å². The lowest BCUT2D eigenvalue weighted by Gasteiger charge is -2.13. The predicted octanol–water partition coefficient (Wildman–Crippen LogP) is 5.13. The third-order valence-corrected chi connectivity index (χ3v) is 3.14. The lowest BCUT2D eigenvalue weighted by atomic mass is 9.92. The minimum Gasteiger partial charge on any atom is -0.102 e. The summed E-state index contributed by atoms with van der Waals surface area (Å²) in [6.07, 6.45) is 5.61. The molecule has 0 nitrogen and oxygen atoms in total. The maximum atomic E-state index is 3.90. The van der Waals surface area contributed by atoms with Crippen molar-refractivity contribution in [1.29, 1.82) is 0 Å². The minimum absolute atomic E-state index is 0.456. The van der Waals surface area contributed by atoms with E-state index in [1.165, 1.54) is 36.0 Å². The van der Waals surface area contributed by atoms with Crippen LogP contribution in [0.1, 0.15) is 56.7 Å². The molecule has 0 aromatic heterocycles. The molecule has 1 aromatic rings. The van der Waals surface area contributed by atoms with E-state index in [-0.39, 0.29) is 0 Å². The zero-order valence-electron chi connectivity index (χ0n) is 11.8. The van der Waals surface area contributed by atoms with Gasteiger partial charge >= 0.3 is 0 Å². The molecule has 0 aliphatic rings. The van der Waals surface area contributed by atoms with E-state index in [1.807, 2.05) is 6.08 Å². The van der Waals surface area contributed by atoms with Crippen LogP contribution >= 0.6 is 0 Å². The van der Waals surface area contributed by atoms with Gasteiger partial charge in [0.05, 0.1) is 0 Å². The monoisotopic (exact) mass is 230 g/mol. The number of aryl methyl sites for hydroxylation is 1. The molecule has 0 N–H and O–H groups in total. The van der Waals surface area contributed by atoms with E-state index in [4.69, 9.17) is 0 Å². The van der Waals surface area contributed by atoms with Gasteiger partial charge in [-0.2, -0.15) is 0 Å². The van der Waals surface area contributed by atoms with Crippen LogP contribution < -0.4 is 0 Å². The fourth-order valence-electron chi connectivity index (χ4n) is 2.21. The Balaban J connectivity index is 3.04. The fraction of sp³-hybridized carbons (Fsp3) is 0.529. The normalized spacial score (nSPS) is 12.8. The predicted molar refractivity (Wildman–Crippen MR) is 77.6 cm³/mol. The van der Waals surface area contributed by atoms with Gasteiger partial charge in [-0.1, -0.05) is 58.4 Å². The molecule has 1 aromatic carbocycles. The second-order valence-electron chi connectivity index (χ2n) is 5.46. The summed E-state index contributed by atoms with van der Waals surface area (Å²) in [5.74, 6) is 1.18. The second kappa shape index (κ2) is 6.64. The van der Waals surface area contributed by atoms with Crippen LogP contribution in [-0.4, -0.2) is 0 Å². The molecule has 0 heterocycles. The van der Waals surface area contributed by atoms with Gasteiger partial charge in [0.2, 0.25) is 0 Å². The highest BCUT2D eigenvalue weighted by atomic mass is 14.1. The number of benzene rings is 1. The molecule has 0 bridgehead atoms. The average molecular weight is 230 g/mol. The molecule has 0 aliphatic heterocycles. The van der Waals surface area contributed by atoms with Crippen molar-refractivity contribution in [3.8, 4) is 0 Å². The zero-order valence-corrected chi connectivity index (χ0v) is 11.8. The smallest absolute Gasteiger partial charge is 0.00129 e. The van der Waals surface area contributed by atoms with Crippen molar-refractivity contribution in [3.05, 3.63) is 47.5 Å². The molecule has 1 unspecified atom stereocenters. The Bertz CT molecular complexity index is 360. The molecule has 0 amide bonds. The van der Waals surface area contributed by atoms with Crippen LogP contribution in [-0.2, 0) is 12.8 Å². The van der Waals surface area contributed by atoms with Crippen LogP contribution in [0.4, 0.5) is 0 Å². The molecule has 94 valence electrons. The quantitative estimate of drug-likeness (QED) is 0.594. The van der Waals surface area contributed by atoms with Crippen LogP contribution in [0, 0.1) is 5.92 Å². The van der Waals surface area contributed by atoms with Crippen molar-refractivity contribution in [1.82, 2.24) is 0 Å². The molecule has 0 heteroatoms. The summed E-state index contributed by atoms with van der Waals surface area (Å²) in [6, 6.07) is 7.08. The summed E-state index contributed by atoms with van der Waals surface area (Å²) >= 11 is 0. The first-order valence-electron chi connectivity index (χ1n) is 6.82. The van der Waals surface area contributed by atoms with Crippen molar-refractivity contribution in [2.75, 3.05) is 0 Å². The van der Waals surface area contributed by atoms with Crippen molar-refractivity contribution >= 4 is 0 Å². The van der Waals surface area contributed by atoms with E-state index < -0.39 is 0 Å². The number of hydrogen-bond acceptors (Lipinski definition) is 0. The van der Waals surface area contributed by atoms with Gasteiger partial charge in [0.15, 0.2) is 0 Å². The maximum Gasteiger partial charge on any atom is -0.00129 e. The zero-order chi connectivity index (χ0) is 12.8. The molecule has 0 fully saturated rings. The van der Waals surface area contributed by atoms with Gasteiger partial charge in [-0.15, -0.1) is 6.58 Å². The van der Waals surface area contributed by atoms with E-state index >= 15 is 0 Å². The molecule has 1 atom stereocenters. The maximum absolute atomic E-state index is 3.90. The van der Waals surface area contributed by atoms with Gasteiger partial charge in [0, 0.05) is 0 Å². The first-order chi connectivity index (χ1) is 8.06. The Hall–Kier alpha value is -1.04. The Kier molecular flexibility index (Phi) is 5.47. The molecule has 0 aliphatic carbocycles. The molecular formula is C17H26. The molecule has 0 spiro atoms. The van der Waals surface area contributed by atoms with Gasteiger partial charge in [-0.25, -0.2) is 0 Å². The minimum atomic E-state index is 0.456. The first kappa shape index (κ1) is 14.0. The molecule has 0 saturated carbocycles. The van der Waals surface area contributed by atoms with Crippen LogP contribution in [0.15, 0.2) is 30.9 Å². The highest BCUT2D eigenvalue weighted by molar-refractivity contribution is 5.34. The van der Waals surface area contributed by atoms with Crippen LogP contribution in [0.3, 0.4) is 0 Å². The van der Waals surface area contributed by atoms with Crippen LogP contribution in [0.25, 0.3) is 0 Å². The molecule has 1 rings (SSSR count). The van der Waals surface area contributed by atoms with Crippen molar-refractivity contribution in [3.63, 3.8) is 0 Å². The topological polar surface area (TPSA) is 0 Å². The lowest BCUT2D eigenvalue weighted by molar-refractivity contribution is 0.645. The fourth-order valence-corrected chi connectivity index (χ4v) is 2.21. The standard InChI is InChI=1S/C17H26/c1-6-8-15-10-16(9-13(3)4)12-17(11-15)14(5)7-2/h7,10-14H,2,6,8-9H2,1,3-5H3. The number of allylic oxidation sites excluding steroid dienone is 1. The highest BCUT2D eigenvalue weighted by Gasteiger charge is 2.06. The van der Waals surface area contributed by atoms with Gasteiger partial charge in [-0.3, -0.25) is 0 Å². The number of hydrogen-bond donors (Lipinski definition) is 0. The lowest BCUT2D eigenvalue weighted by Crippen LogP contribution is -1.99. The molecule has 0 radical (unpaired) electrons. The van der Waals surface area contributed by atoms with Crippen LogP contribution in [0.5, 0.6) is 0 Å². The highest BCUT2D eigenvalue weighted by Crippen LogP contribution is 2.22. The van der Waals surface area contributed by atoms with Crippen LogP contribution in [0.2, 0.25) is 0 Å². The largest absolute Gasteiger partial charge is 0.102 e. The Labute approximate surface area is 107 Å². The van der Waals surface area contributed by atoms with Crippen molar-refractivity contribution in [2.45, 2.75) is 52.9 Å². The second-order valence-corrected chi connectivity index (χ2v) is 5.46. The van der Waals surface area contributed by atoms with E-state index in [2.05, 4.69) is 52.5 Å². The average Bonchev–Trinajstić information content (AvgIpc) is 2.27. The Morgan fingerprint density at radius 2 is 1.76 bits per heavy atom. The number of rotatable bonds is 6. The summed E-state index contributed by atoms with van der Waals surface area (Å²) in [4.78, 5) is 0. The summed E-state index contributed by atoms with van der Waals surface area (Å²) in [5.41, 5.74) is 4.38. The van der Waals surface area contributed by atoms with E-state index in [1.54, 1.807) is 0 Å².